The highest BCUT2D eigenvalue weighted by atomic mass is 16.3. The molecule has 0 saturated carbocycles. The van der Waals surface area contributed by atoms with E-state index in [9.17, 15) is 5.11 Å². The van der Waals surface area contributed by atoms with Crippen LogP contribution in [0.2, 0.25) is 0 Å². The molecule has 68 valence electrons. The number of rotatable bonds is 1. The number of aliphatic hydroxyl groups is 1. The molecule has 1 aromatic carbocycles. The zero-order chi connectivity index (χ0) is 9.10. The summed E-state index contributed by atoms with van der Waals surface area (Å²) in [5.41, 5.74) is 1.23. The van der Waals surface area contributed by atoms with Crippen LogP contribution in [-0.4, -0.2) is 5.11 Å². The van der Waals surface area contributed by atoms with Gasteiger partial charge in [-0.05, 0) is 30.9 Å². The number of hydrogen-bond donors (Lipinski definition) is 1. The van der Waals surface area contributed by atoms with Crippen LogP contribution in [0.1, 0.15) is 30.7 Å². The fraction of sp³-hybridized carbons (Fsp3) is 0.333. The maximum atomic E-state index is 9.68. The molecule has 0 aromatic heterocycles. The number of benzene rings is 1. The minimum Gasteiger partial charge on any atom is -0.512 e. The molecule has 1 unspecified atom stereocenters. The van der Waals surface area contributed by atoms with Crippen LogP contribution in [0.3, 0.4) is 0 Å². The van der Waals surface area contributed by atoms with E-state index in [1.807, 2.05) is 24.3 Å². The predicted molar refractivity (Wildman–Crippen MR) is 53.7 cm³/mol. The molecule has 0 spiro atoms. The van der Waals surface area contributed by atoms with Gasteiger partial charge in [0.1, 0.15) is 0 Å². The van der Waals surface area contributed by atoms with E-state index in [4.69, 9.17) is 0 Å². The normalized spacial score (nSPS) is 22.5. The summed E-state index contributed by atoms with van der Waals surface area (Å²) < 4.78 is 0. The molecule has 2 rings (SSSR count). The lowest BCUT2D eigenvalue weighted by atomic mass is 9.88. The van der Waals surface area contributed by atoms with Crippen LogP contribution < -0.4 is 0 Å². The van der Waals surface area contributed by atoms with Gasteiger partial charge in [-0.2, -0.15) is 0 Å². The topological polar surface area (TPSA) is 20.2 Å². The summed E-state index contributed by atoms with van der Waals surface area (Å²) in [6.07, 6.45) is 5.23. The Morgan fingerprint density at radius 3 is 2.62 bits per heavy atom. The number of allylic oxidation sites excluding steroid dienone is 2. The van der Waals surface area contributed by atoms with Gasteiger partial charge in [-0.3, -0.25) is 0 Å². The van der Waals surface area contributed by atoms with Gasteiger partial charge in [-0.15, -0.1) is 0 Å². The van der Waals surface area contributed by atoms with E-state index in [-0.39, 0.29) is 5.92 Å². The average molecular weight is 174 g/mol. The fourth-order valence-corrected chi connectivity index (χ4v) is 1.88. The van der Waals surface area contributed by atoms with Gasteiger partial charge in [0.15, 0.2) is 0 Å². The first-order valence-electron chi connectivity index (χ1n) is 4.82. The van der Waals surface area contributed by atoms with Gasteiger partial charge in [0.05, 0.1) is 5.76 Å². The average Bonchev–Trinajstić information content (AvgIpc) is 2.20. The summed E-state index contributed by atoms with van der Waals surface area (Å²) in [6.45, 7) is 0. The molecule has 0 fully saturated rings. The molecule has 1 nitrogen and oxygen atoms in total. The lowest BCUT2D eigenvalue weighted by Gasteiger charge is -2.20. The van der Waals surface area contributed by atoms with Gasteiger partial charge < -0.3 is 5.11 Å². The molecule has 0 radical (unpaired) electrons. The highest BCUT2D eigenvalue weighted by molar-refractivity contribution is 5.27. The van der Waals surface area contributed by atoms with Crippen LogP contribution >= 0.6 is 0 Å². The Morgan fingerprint density at radius 1 is 1.15 bits per heavy atom. The van der Waals surface area contributed by atoms with Gasteiger partial charge in [-0.25, -0.2) is 0 Å². The monoisotopic (exact) mass is 174 g/mol. The van der Waals surface area contributed by atoms with Crippen molar-refractivity contribution in [1.29, 1.82) is 0 Å². The maximum absolute atomic E-state index is 9.68. The van der Waals surface area contributed by atoms with Crippen molar-refractivity contribution >= 4 is 0 Å². The Kier molecular flexibility index (Phi) is 2.35. The molecule has 1 aliphatic rings. The lowest BCUT2D eigenvalue weighted by molar-refractivity contribution is 0.342. The minimum atomic E-state index is 0.245. The van der Waals surface area contributed by atoms with E-state index in [0.29, 0.717) is 5.76 Å². The molecule has 0 heterocycles. The Bertz CT molecular complexity index is 300. The van der Waals surface area contributed by atoms with E-state index in [0.717, 1.165) is 12.8 Å². The predicted octanol–water partition coefficient (Wildman–Crippen LogP) is 3.40. The largest absolute Gasteiger partial charge is 0.512 e. The summed E-state index contributed by atoms with van der Waals surface area (Å²) in [4.78, 5) is 0. The van der Waals surface area contributed by atoms with Crippen molar-refractivity contribution in [1.82, 2.24) is 0 Å². The minimum absolute atomic E-state index is 0.245. The van der Waals surface area contributed by atoms with Crippen molar-refractivity contribution in [3.8, 4) is 0 Å². The first-order chi connectivity index (χ1) is 6.38. The molecular formula is C12H14O. The molecule has 0 saturated heterocycles. The Hall–Kier alpha value is -1.24. The van der Waals surface area contributed by atoms with Crippen molar-refractivity contribution in [2.45, 2.75) is 25.2 Å². The van der Waals surface area contributed by atoms with Gasteiger partial charge in [0, 0.05) is 5.92 Å². The van der Waals surface area contributed by atoms with E-state index in [1.165, 1.54) is 12.0 Å². The third kappa shape index (κ3) is 1.74. The molecule has 1 aliphatic carbocycles. The number of hydrogen-bond acceptors (Lipinski definition) is 1. The molecule has 1 heteroatoms. The molecule has 1 atom stereocenters. The molecule has 1 N–H and O–H groups in total. The third-order valence-electron chi connectivity index (χ3n) is 2.61. The SMILES string of the molecule is OC1=CCCCC1c1ccccc1. The highest BCUT2D eigenvalue weighted by Crippen LogP contribution is 2.31. The smallest absolute Gasteiger partial charge is 0.0957 e. The molecule has 0 amide bonds. The Labute approximate surface area is 78.7 Å². The van der Waals surface area contributed by atoms with E-state index < -0.39 is 0 Å². The van der Waals surface area contributed by atoms with E-state index in [2.05, 4.69) is 12.1 Å². The zero-order valence-corrected chi connectivity index (χ0v) is 7.61. The molecule has 0 aliphatic heterocycles. The molecule has 0 bridgehead atoms. The van der Waals surface area contributed by atoms with Crippen molar-refractivity contribution in [2.24, 2.45) is 0 Å². The van der Waals surface area contributed by atoms with Gasteiger partial charge in [0.25, 0.3) is 0 Å². The van der Waals surface area contributed by atoms with Crippen LogP contribution in [0, 0.1) is 0 Å². The lowest BCUT2D eigenvalue weighted by Crippen LogP contribution is -2.06. The molecular weight excluding hydrogens is 160 g/mol. The Morgan fingerprint density at radius 2 is 1.92 bits per heavy atom. The summed E-state index contributed by atoms with van der Waals surface area (Å²) in [5, 5.41) is 9.68. The van der Waals surface area contributed by atoms with Crippen LogP contribution in [0.5, 0.6) is 0 Å². The van der Waals surface area contributed by atoms with Crippen LogP contribution in [0.15, 0.2) is 42.2 Å². The molecule has 13 heavy (non-hydrogen) atoms. The van der Waals surface area contributed by atoms with Crippen LogP contribution in [0.4, 0.5) is 0 Å². The van der Waals surface area contributed by atoms with E-state index in [1.54, 1.807) is 0 Å². The third-order valence-corrected chi connectivity index (χ3v) is 2.61. The first kappa shape index (κ1) is 8.36. The standard InChI is InChI=1S/C12H14O/c13-12-9-5-4-8-11(12)10-6-2-1-3-7-10/h1-3,6-7,9,11,13H,4-5,8H2. The quantitative estimate of drug-likeness (QED) is 0.691. The van der Waals surface area contributed by atoms with Crippen molar-refractivity contribution < 1.29 is 5.11 Å². The van der Waals surface area contributed by atoms with E-state index >= 15 is 0 Å². The summed E-state index contributed by atoms with van der Waals surface area (Å²) in [6, 6.07) is 10.2. The van der Waals surface area contributed by atoms with Gasteiger partial charge in [0.2, 0.25) is 0 Å². The fourth-order valence-electron chi connectivity index (χ4n) is 1.88. The Balaban J connectivity index is 2.26. The van der Waals surface area contributed by atoms with Gasteiger partial charge in [-0.1, -0.05) is 30.3 Å². The van der Waals surface area contributed by atoms with Crippen LogP contribution in [0.25, 0.3) is 0 Å². The highest BCUT2D eigenvalue weighted by Gasteiger charge is 2.18. The summed E-state index contributed by atoms with van der Waals surface area (Å²) in [7, 11) is 0. The van der Waals surface area contributed by atoms with Crippen LogP contribution in [-0.2, 0) is 0 Å². The zero-order valence-electron chi connectivity index (χ0n) is 7.61. The molecule has 1 aromatic rings. The van der Waals surface area contributed by atoms with Crippen molar-refractivity contribution in [3.63, 3.8) is 0 Å². The summed E-state index contributed by atoms with van der Waals surface area (Å²) in [5.74, 6) is 0.799. The number of aliphatic hydroxyl groups excluding tert-OH is 1. The second kappa shape index (κ2) is 3.65. The van der Waals surface area contributed by atoms with Crippen molar-refractivity contribution in [3.05, 3.63) is 47.7 Å². The summed E-state index contributed by atoms with van der Waals surface area (Å²) >= 11 is 0. The van der Waals surface area contributed by atoms with Gasteiger partial charge >= 0.3 is 0 Å². The second-order valence-corrected chi connectivity index (χ2v) is 3.52. The van der Waals surface area contributed by atoms with Crippen molar-refractivity contribution in [2.75, 3.05) is 0 Å². The second-order valence-electron chi connectivity index (χ2n) is 3.52. The maximum Gasteiger partial charge on any atom is 0.0957 e. The first-order valence-corrected chi connectivity index (χ1v) is 4.82.